The number of nitrogens with zero attached hydrogens (tertiary/aromatic N) is 1. The molecule has 3 atom stereocenters. The lowest BCUT2D eigenvalue weighted by Gasteiger charge is -2.35. The van der Waals surface area contributed by atoms with E-state index in [2.05, 4.69) is 36.9 Å². The third-order valence-corrected chi connectivity index (χ3v) is 6.26. The minimum absolute atomic E-state index is 0.0436. The summed E-state index contributed by atoms with van der Waals surface area (Å²) in [5, 5.41) is 0. The maximum absolute atomic E-state index is 13.2. The van der Waals surface area contributed by atoms with Gasteiger partial charge in [0.2, 0.25) is 0 Å². The third kappa shape index (κ3) is 6.39. The summed E-state index contributed by atoms with van der Waals surface area (Å²) in [5.74, 6) is -0.0436. The van der Waals surface area contributed by atoms with Gasteiger partial charge >= 0.3 is 0 Å². The summed E-state index contributed by atoms with van der Waals surface area (Å²) in [6.45, 7) is 6.42. The second kappa shape index (κ2) is 11.1. The number of Topliss-reactive ketones (excluding diaryl/α,β-unsaturated/α-hetero) is 1. The van der Waals surface area contributed by atoms with Crippen molar-refractivity contribution < 1.29 is 9.53 Å². The van der Waals surface area contributed by atoms with Gasteiger partial charge in [-0.3, -0.25) is 9.69 Å². The molecule has 0 amide bonds. The van der Waals surface area contributed by atoms with Crippen LogP contribution in [-0.2, 0) is 11.3 Å². The van der Waals surface area contributed by atoms with Crippen molar-refractivity contribution in [1.29, 1.82) is 0 Å². The van der Waals surface area contributed by atoms with Gasteiger partial charge in [0.05, 0.1) is 6.61 Å². The molecule has 3 unspecified atom stereocenters. The number of hydrogen-bond acceptors (Lipinski definition) is 4. The summed E-state index contributed by atoms with van der Waals surface area (Å²) < 4.78 is 6.16. The van der Waals surface area contributed by atoms with Crippen LogP contribution in [0.5, 0.6) is 0 Å². The quantitative estimate of drug-likeness (QED) is 0.352. The zero-order chi connectivity index (χ0) is 21.5. The first-order valence-corrected chi connectivity index (χ1v) is 11.3. The molecule has 0 aromatic heterocycles. The van der Waals surface area contributed by atoms with Crippen LogP contribution in [0.25, 0.3) is 0 Å². The fraction of sp³-hybridized carbons (Fsp3) is 0.480. The number of aryl methyl sites for hydroxylation is 2. The highest BCUT2D eigenvalue weighted by Crippen LogP contribution is 2.21. The Kier molecular flexibility index (Phi) is 8.46. The van der Waals surface area contributed by atoms with E-state index in [1.165, 1.54) is 17.5 Å². The summed E-state index contributed by atoms with van der Waals surface area (Å²) in [7, 11) is 0. The zero-order valence-electron chi connectivity index (χ0n) is 18.0. The number of nitrogens with two attached hydrogens (primary N) is 1. The van der Waals surface area contributed by atoms with Crippen molar-refractivity contribution >= 4 is 17.4 Å². The average Bonchev–Trinajstić information content (AvgIpc) is 2.76. The molecule has 30 heavy (non-hydrogen) atoms. The van der Waals surface area contributed by atoms with Gasteiger partial charge in [-0.15, -0.1) is 11.6 Å². The lowest BCUT2D eigenvalue weighted by molar-refractivity contribution is 0.0249. The number of carbonyl (C=O) groups excluding carboxylic acids is 1. The molecule has 1 heterocycles. The molecular formula is C25H33ClN2O2. The number of hydrogen-bond donors (Lipinski definition) is 1. The summed E-state index contributed by atoms with van der Waals surface area (Å²) in [4.78, 5) is 15.4. The van der Waals surface area contributed by atoms with Crippen LogP contribution in [0.2, 0.25) is 0 Å². The van der Waals surface area contributed by atoms with Crippen LogP contribution in [0.4, 0.5) is 0 Å². The number of alkyl halides is 1. The van der Waals surface area contributed by atoms with Crippen LogP contribution in [0.15, 0.2) is 48.5 Å². The van der Waals surface area contributed by atoms with Crippen LogP contribution in [-0.4, -0.2) is 41.4 Å². The Morgan fingerprint density at radius 3 is 2.33 bits per heavy atom. The Bertz CT molecular complexity index is 801. The van der Waals surface area contributed by atoms with E-state index in [4.69, 9.17) is 22.1 Å². The van der Waals surface area contributed by atoms with Gasteiger partial charge in [-0.1, -0.05) is 66.1 Å². The van der Waals surface area contributed by atoms with E-state index in [1.54, 1.807) is 0 Å². The normalized spacial score (nSPS) is 18.0. The number of ketones is 1. The molecule has 1 aliphatic heterocycles. The van der Waals surface area contributed by atoms with Gasteiger partial charge in [-0.25, -0.2) is 0 Å². The highest BCUT2D eigenvalue weighted by Gasteiger charge is 2.30. The maximum atomic E-state index is 13.2. The number of halogens is 1. The number of piperidine rings is 1. The smallest absolute Gasteiger partial charge is 0.191 e. The van der Waals surface area contributed by atoms with Crippen molar-refractivity contribution in [2.45, 2.75) is 63.8 Å². The summed E-state index contributed by atoms with van der Waals surface area (Å²) in [6.07, 6.45) is 3.29. The molecule has 1 fully saturated rings. The van der Waals surface area contributed by atoms with Crippen molar-refractivity contribution in [1.82, 2.24) is 4.90 Å². The predicted molar refractivity (Wildman–Crippen MR) is 123 cm³/mol. The standard InChI is InChI=1S/C25H33ClN2O2/c1-18-13-19(2)15-20(14-18)17-30-23(24(29)21-9-5-3-6-10-21)16-22(27)25(26)28-11-7-4-8-12-28/h3,5-6,9-10,13-15,22-23,25H,4,7-8,11-12,16-17,27H2,1-2H3. The van der Waals surface area contributed by atoms with Crippen LogP contribution in [0, 0.1) is 13.8 Å². The van der Waals surface area contributed by atoms with Gasteiger partial charge in [0, 0.05) is 11.6 Å². The van der Waals surface area contributed by atoms with E-state index in [9.17, 15) is 4.79 Å². The molecule has 5 heteroatoms. The first-order valence-electron chi connectivity index (χ1n) is 10.9. The molecule has 0 spiro atoms. The molecule has 4 nitrogen and oxygen atoms in total. The molecule has 2 aromatic rings. The van der Waals surface area contributed by atoms with Crippen LogP contribution < -0.4 is 5.73 Å². The molecule has 0 radical (unpaired) electrons. The minimum Gasteiger partial charge on any atom is -0.365 e. The molecule has 0 bridgehead atoms. The van der Waals surface area contributed by atoms with E-state index in [0.29, 0.717) is 18.6 Å². The van der Waals surface area contributed by atoms with E-state index in [0.717, 1.165) is 31.5 Å². The molecule has 1 aliphatic rings. The number of benzene rings is 2. The Balaban J connectivity index is 1.72. The van der Waals surface area contributed by atoms with E-state index >= 15 is 0 Å². The van der Waals surface area contributed by atoms with Crippen molar-refractivity contribution in [3.8, 4) is 0 Å². The van der Waals surface area contributed by atoms with Gasteiger partial charge in [-0.05, 0) is 51.8 Å². The molecule has 2 N–H and O–H groups in total. The lowest BCUT2D eigenvalue weighted by Crippen LogP contribution is -2.48. The molecule has 1 saturated heterocycles. The Morgan fingerprint density at radius 1 is 1.07 bits per heavy atom. The van der Waals surface area contributed by atoms with Crippen molar-refractivity contribution in [2.24, 2.45) is 5.73 Å². The molecular weight excluding hydrogens is 396 g/mol. The molecule has 0 saturated carbocycles. The van der Waals surface area contributed by atoms with Crippen molar-refractivity contribution in [3.63, 3.8) is 0 Å². The van der Waals surface area contributed by atoms with Crippen LogP contribution in [0.3, 0.4) is 0 Å². The fourth-order valence-electron chi connectivity index (χ4n) is 4.18. The second-order valence-electron chi connectivity index (χ2n) is 8.39. The molecule has 162 valence electrons. The SMILES string of the molecule is Cc1cc(C)cc(COC(CC(N)C(Cl)N2CCCCC2)C(=O)c2ccccc2)c1. The van der Waals surface area contributed by atoms with Gasteiger partial charge in [0.25, 0.3) is 0 Å². The summed E-state index contributed by atoms with van der Waals surface area (Å²) >= 11 is 6.70. The number of rotatable bonds is 9. The fourth-order valence-corrected chi connectivity index (χ4v) is 4.48. The molecule has 3 rings (SSSR count). The van der Waals surface area contributed by atoms with Gasteiger partial charge in [0.15, 0.2) is 5.78 Å². The Morgan fingerprint density at radius 2 is 1.70 bits per heavy atom. The van der Waals surface area contributed by atoms with Crippen LogP contribution >= 0.6 is 11.6 Å². The summed E-state index contributed by atoms with van der Waals surface area (Å²) in [5.41, 5.74) is 10.2. The monoisotopic (exact) mass is 428 g/mol. The first-order chi connectivity index (χ1) is 14.4. The van der Waals surface area contributed by atoms with E-state index in [1.807, 2.05) is 30.3 Å². The van der Waals surface area contributed by atoms with Crippen molar-refractivity contribution in [2.75, 3.05) is 13.1 Å². The lowest BCUT2D eigenvalue weighted by atomic mass is 9.99. The second-order valence-corrected chi connectivity index (χ2v) is 8.84. The Hall–Kier alpha value is -1.72. The largest absolute Gasteiger partial charge is 0.365 e. The average molecular weight is 429 g/mol. The molecule has 2 aromatic carbocycles. The first kappa shape index (κ1) is 23.0. The van der Waals surface area contributed by atoms with E-state index in [-0.39, 0.29) is 17.3 Å². The highest BCUT2D eigenvalue weighted by molar-refractivity contribution is 6.20. The minimum atomic E-state index is -0.630. The number of ether oxygens (including phenoxy) is 1. The summed E-state index contributed by atoms with van der Waals surface area (Å²) in [6, 6.07) is 15.2. The van der Waals surface area contributed by atoms with Crippen LogP contribution in [0.1, 0.15) is 52.7 Å². The third-order valence-electron chi connectivity index (χ3n) is 5.66. The zero-order valence-corrected chi connectivity index (χ0v) is 18.8. The topological polar surface area (TPSA) is 55.6 Å². The number of likely N-dealkylation sites (tertiary alicyclic amines) is 1. The van der Waals surface area contributed by atoms with Gasteiger partial charge in [0.1, 0.15) is 11.6 Å². The molecule has 0 aliphatic carbocycles. The van der Waals surface area contributed by atoms with Crippen molar-refractivity contribution in [3.05, 3.63) is 70.8 Å². The maximum Gasteiger partial charge on any atom is 0.191 e. The Labute approximate surface area is 185 Å². The highest BCUT2D eigenvalue weighted by atomic mass is 35.5. The van der Waals surface area contributed by atoms with Gasteiger partial charge in [-0.2, -0.15) is 0 Å². The van der Waals surface area contributed by atoms with E-state index < -0.39 is 6.10 Å². The predicted octanol–water partition coefficient (Wildman–Crippen LogP) is 4.84. The van der Waals surface area contributed by atoms with Gasteiger partial charge < -0.3 is 10.5 Å². The number of carbonyl (C=O) groups is 1.